The van der Waals surface area contributed by atoms with E-state index >= 15 is 0 Å². The summed E-state index contributed by atoms with van der Waals surface area (Å²) in [5.41, 5.74) is 2.40. The quantitative estimate of drug-likeness (QED) is 0.843. The van der Waals surface area contributed by atoms with Crippen molar-refractivity contribution in [1.82, 2.24) is 10.2 Å². The average Bonchev–Trinajstić information content (AvgIpc) is 3.38. The number of nitrogens with zero attached hydrogens (tertiary/aromatic N) is 1. The number of rotatable bonds is 7. The van der Waals surface area contributed by atoms with E-state index in [1.165, 1.54) is 43.2 Å². The van der Waals surface area contributed by atoms with Crippen LogP contribution in [0.25, 0.3) is 11.0 Å². The van der Waals surface area contributed by atoms with Crippen LogP contribution in [0, 0.1) is 5.92 Å². The lowest BCUT2D eigenvalue weighted by Gasteiger charge is -2.16. The normalized spacial score (nSPS) is 18.8. The maximum atomic E-state index is 6.11. The van der Waals surface area contributed by atoms with Gasteiger partial charge < -0.3 is 14.6 Å². The van der Waals surface area contributed by atoms with E-state index in [0.29, 0.717) is 0 Å². The van der Waals surface area contributed by atoms with Gasteiger partial charge in [0.2, 0.25) is 0 Å². The maximum absolute atomic E-state index is 6.11. The molecule has 0 unspecified atom stereocenters. The summed E-state index contributed by atoms with van der Waals surface area (Å²) in [5.74, 6) is 2.06. The zero-order valence-corrected chi connectivity index (χ0v) is 12.8. The highest BCUT2D eigenvalue weighted by molar-refractivity contribution is 5.82. The maximum Gasteiger partial charge on any atom is 0.134 e. The first kappa shape index (κ1) is 13.4. The van der Waals surface area contributed by atoms with Crippen molar-refractivity contribution >= 4 is 11.0 Å². The molecule has 112 valence electrons. The highest BCUT2D eigenvalue weighted by Crippen LogP contribution is 2.32. The summed E-state index contributed by atoms with van der Waals surface area (Å²) in [6.07, 6.45) is 5.45. The Balaban J connectivity index is 1.57. The average molecular weight is 284 g/mol. The Morgan fingerprint density at radius 2 is 2.00 bits per heavy atom. The van der Waals surface area contributed by atoms with Crippen LogP contribution < -0.4 is 5.32 Å². The van der Waals surface area contributed by atoms with Crippen LogP contribution in [0.3, 0.4) is 0 Å². The van der Waals surface area contributed by atoms with Gasteiger partial charge in [-0.15, -0.1) is 0 Å². The number of furan rings is 1. The van der Waals surface area contributed by atoms with Crippen molar-refractivity contribution in [3.05, 3.63) is 35.6 Å². The van der Waals surface area contributed by atoms with E-state index in [1.54, 1.807) is 0 Å². The van der Waals surface area contributed by atoms with Crippen LogP contribution in [0.15, 0.2) is 28.7 Å². The molecule has 1 aromatic carbocycles. The molecule has 0 radical (unpaired) electrons. The molecule has 4 rings (SSSR count). The molecule has 0 spiro atoms. The van der Waals surface area contributed by atoms with Crippen LogP contribution in [0.2, 0.25) is 0 Å². The number of hydrogen-bond acceptors (Lipinski definition) is 3. The number of nitrogens with one attached hydrogen (secondary N) is 1. The second kappa shape index (κ2) is 5.47. The number of benzene rings is 1. The monoisotopic (exact) mass is 284 g/mol. The minimum Gasteiger partial charge on any atom is -0.459 e. The second-order valence-corrected chi connectivity index (χ2v) is 6.80. The Morgan fingerprint density at radius 1 is 1.19 bits per heavy atom. The summed E-state index contributed by atoms with van der Waals surface area (Å²) >= 11 is 0. The fourth-order valence-electron chi connectivity index (χ4n) is 3.07. The van der Waals surface area contributed by atoms with E-state index in [2.05, 4.69) is 41.5 Å². The Kier molecular flexibility index (Phi) is 3.48. The molecule has 3 nitrogen and oxygen atoms in total. The first-order chi connectivity index (χ1) is 10.3. The van der Waals surface area contributed by atoms with Gasteiger partial charge in [0, 0.05) is 30.1 Å². The molecular weight excluding hydrogens is 260 g/mol. The van der Waals surface area contributed by atoms with Crippen molar-refractivity contribution in [2.45, 2.75) is 44.8 Å². The number of hydrogen-bond donors (Lipinski definition) is 1. The predicted molar refractivity (Wildman–Crippen MR) is 85.1 cm³/mol. The van der Waals surface area contributed by atoms with Gasteiger partial charge in [-0.2, -0.15) is 0 Å². The number of para-hydroxylation sites is 1. The van der Waals surface area contributed by atoms with E-state index < -0.39 is 0 Å². The lowest BCUT2D eigenvalue weighted by Crippen LogP contribution is -2.22. The van der Waals surface area contributed by atoms with Crippen molar-refractivity contribution in [2.75, 3.05) is 13.6 Å². The highest BCUT2D eigenvalue weighted by Gasteiger charge is 2.25. The second-order valence-electron chi connectivity index (χ2n) is 6.80. The Bertz CT molecular complexity index is 625. The third kappa shape index (κ3) is 3.14. The van der Waals surface area contributed by atoms with Gasteiger partial charge in [0.15, 0.2) is 0 Å². The molecule has 0 atom stereocenters. The summed E-state index contributed by atoms with van der Waals surface area (Å²) in [5, 5.41) is 4.87. The SMILES string of the molecule is CN(Cc1c(CNC2CC2)oc2ccccc12)CC1CC1. The van der Waals surface area contributed by atoms with Gasteiger partial charge in [-0.1, -0.05) is 18.2 Å². The molecule has 0 bridgehead atoms. The van der Waals surface area contributed by atoms with Crippen molar-refractivity contribution in [2.24, 2.45) is 5.92 Å². The highest BCUT2D eigenvalue weighted by atomic mass is 16.3. The van der Waals surface area contributed by atoms with Crippen molar-refractivity contribution in [3.63, 3.8) is 0 Å². The van der Waals surface area contributed by atoms with E-state index in [4.69, 9.17) is 4.42 Å². The van der Waals surface area contributed by atoms with E-state index in [1.807, 2.05) is 0 Å². The summed E-state index contributed by atoms with van der Waals surface area (Å²) in [4.78, 5) is 2.45. The molecule has 3 heteroatoms. The molecule has 2 fully saturated rings. The van der Waals surface area contributed by atoms with Crippen LogP contribution in [0.5, 0.6) is 0 Å². The van der Waals surface area contributed by atoms with Crippen molar-refractivity contribution in [3.8, 4) is 0 Å². The number of fused-ring (bicyclic) bond motifs is 1. The van der Waals surface area contributed by atoms with E-state index in [9.17, 15) is 0 Å². The molecule has 1 heterocycles. The first-order valence-electron chi connectivity index (χ1n) is 8.21. The largest absolute Gasteiger partial charge is 0.459 e. The smallest absolute Gasteiger partial charge is 0.134 e. The van der Waals surface area contributed by atoms with Crippen molar-refractivity contribution in [1.29, 1.82) is 0 Å². The zero-order chi connectivity index (χ0) is 14.2. The van der Waals surface area contributed by atoms with Gasteiger partial charge in [-0.05, 0) is 44.7 Å². The summed E-state index contributed by atoms with van der Waals surface area (Å²) in [7, 11) is 2.23. The Labute approximate surface area is 126 Å². The standard InChI is InChI=1S/C18H24N2O/c1-20(11-13-6-7-13)12-16-15-4-2-3-5-17(15)21-18(16)10-19-14-8-9-14/h2-5,13-14,19H,6-12H2,1H3. The molecule has 0 amide bonds. The van der Waals surface area contributed by atoms with Crippen LogP contribution in [-0.2, 0) is 13.1 Å². The van der Waals surface area contributed by atoms with E-state index in [0.717, 1.165) is 36.4 Å². The van der Waals surface area contributed by atoms with Gasteiger partial charge in [0.05, 0.1) is 6.54 Å². The summed E-state index contributed by atoms with van der Waals surface area (Å²) < 4.78 is 6.11. The molecular formula is C18H24N2O. The fourth-order valence-corrected chi connectivity index (χ4v) is 3.07. The molecule has 2 aliphatic rings. The Hall–Kier alpha value is -1.32. The van der Waals surface area contributed by atoms with Gasteiger partial charge in [-0.25, -0.2) is 0 Å². The molecule has 2 aliphatic carbocycles. The zero-order valence-electron chi connectivity index (χ0n) is 12.8. The van der Waals surface area contributed by atoms with Gasteiger partial charge >= 0.3 is 0 Å². The molecule has 1 N–H and O–H groups in total. The molecule has 0 saturated heterocycles. The predicted octanol–water partition coefficient (Wildman–Crippen LogP) is 3.53. The fraction of sp³-hybridized carbons (Fsp3) is 0.556. The molecule has 2 aromatic rings. The van der Waals surface area contributed by atoms with Gasteiger partial charge in [0.1, 0.15) is 11.3 Å². The van der Waals surface area contributed by atoms with Crippen molar-refractivity contribution < 1.29 is 4.42 Å². The minimum absolute atomic E-state index is 0.718. The van der Waals surface area contributed by atoms with Crippen LogP contribution >= 0.6 is 0 Å². The third-order valence-corrected chi connectivity index (χ3v) is 4.61. The molecule has 1 aromatic heterocycles. The third-order valence-electron chi connectivity index (χ3n) is 4.61. The van der Waals surface area contributed by atoms with Gasteiger partial charge in [-0.3, -0.25) is 0 Å². The molecule has 2 saturated carbocycles. The lowest BCUT2D eigenvalue weighted by atomic mass is 10.1. The molecule has 21 heavy (non-hydrogen) atoms. The van der Waals surface area contributed by atoms with Gasteiger partial charge in [0.25, 0.3) is 0 Å². The van der Waals surface area contributed by atoms with E-state index in [-0.39, 0.29) is 0 Å². The topological polar surface area (TPSA) is 28.4 Å². The minimum atomic E-state index is 0.718. The summed E-state index contributed by atoms with van der Waals surface area (Å²) in [6, 6.07) is 9.16. The van der Waals surface area contributed by atoms with Crippen LogP contribution in [0.4, 0.5) is 0 Å². The first-order valence-corrected chi connectivity index (χ1v) is 8.21. The van der Waals surface area contributed by atoms with Crippen LogP contribution in [-0.4, -0.2) is 24.5 Å². The molecule has 0 aliphatic heterocycles. The van der Waals surface area contributed by atoms with Crippen LogP contribution in [0.1, 0.15) is 37.0 Å². The summed E-state index contributed by atoms with van der Waals surface area (Å²) in [6.45, 7) is 3.08. The Morgan fingerprint density at radius 3 is 2.76 bits per heavy atom. The lowest BCUT2D eigenvalue weighted by molar-refractivity contribution is 0.310.